The Bertz CT molecular complexity index is 1070. The lowest BCUT2D eigenvalue weighted by Crippen LogP contribution is -2.46. The molecule has 2 aromatic rings. The molecule has 8 nitrogen and oxygen atoms in total. The summed E-state index contributed by atoms with van der Waals surface area (Å²) in [5.41, 5.74) is -2.00. The summed E-state index contributed by atoms with van der Waals surface area (Å²) in [5, 5.41) is 16.6. The van der Waals surface area contributed by atoms with Crippen molar-refractivity contribution in [2.24, 2.45) is 0 Å². The Morgan fingerprint density at radius 2 is 1.79 bits per heavy atom. The van der Waals surface area contributed by atoms with E-state index >= 15 is 0 Å². The molecular weight excluding hydrogens is 460 g/mol. The number of carbonyl (C=O) groups is 2. The monoisotopic (exact) mass is 482 g/mol. The summed E-state index contributed by atoms with van der Waals surface area (Å²) < 4.78 is 52.2. The molecule has 12 heteroatoms. The van der Waals surface area contributed by atoms with Gasteiger partial charge in [-0.25, -0.2) is 4.39 Å². The highest BCUT2D eigenvalue weighted by molar-refractivity contribution is 5.94. The van der Waals surface area contributed by atoms with Gasteiger partial charge in [-0.1, -0.05) is 12.1 Å². The molecule has 2 amide bonds. The molecule has 0 aliphatic carbocycles. The van der Waals surface area contributed by atoms with Crippen molar-refractivity contribution in [3.05, 3.63) is 69.5 Å². The van der Waals surface area contributed by atoms with Crippen molar-refractivity contribution < 1.29 is 32.1 Å². The highest BCUT2D eigenvalue weighted by Crippen LogP contribution is 2.34. The van der Waals surface area contributed by atoms with E-state index in [0.29, 0.717) is 32.0 Å². The number of nitrogens with one attached hydrogen (secondary N) is 2. The number of hydrogen-bond acceptors (Lipinski definition) is 5. The molecule has 3 rings (SSSR count). The maximum Gasteiger partial charge on any atom is 0.416 e. The number of likely N-dealkylation sites (tertiary alicyclic amines) is 1. The average Bonchev–Trinajstić information content (AvgIpc) is 2.79. The van der Waals surface area contributed by atoms with Gasteiger partial charge in [0.2, 0.25) is 5.91 Å². The van der Waals surface area contributed by atoms with Gasteiger partial charge in [0.25, 0.3) is 11.6 Å². The molecule has 0 saturated carbocycles. The second-order valence-electron chi connectivity index (χ2n) is 7.78. The van der Waals surface area contributed by atoms with E-state index in [1.165, 1.54) is 23.1 Å². The Morgan fingerprint density at radius 1 is 1.12 bits per heavy atom. The first kappa shape index (κ1) is 24.9. The van der Waals surface area contributed by atoms with Crippen molar-refractivity contribution in [2.75, 3.05) is 25.0 Å². The lowest BCUT2D eigenvalue weighted by Gasteiger charge is -2.32. The fraction of sp³-hybridized carbons (Fsp3) is 0.364. The Kier molecular flexibility index (Phi) is 7.69. The maximum absolute atomic E-state index is 13.8. The Morgan fingerprint density at radius 3 is 2.41 bits per heavy atom. The third kappa shape index (κ3) is 6.21. The first-order valence-corrected chi connectivity index (χ1v) is 10.5. The van der Waals surface area contributed by atoms with Crippen LogP contribution in [0.5, 0.6) is 0 Å². The number of halogens is 4. The van der Waals surface area contributed by atoms with E-state index in [9.17, 15) is 37.3 Å². The minimum absolute atomic E-state index is 0.00609. The van der Waals surface area contributed by atoms with Crippen molar-refractivity contribution in [1.29, 1.82) is 0 Å². The average molecular weight is 482 g/mol. The largest absolute Gasteiger partial charge is 0.416 e. The van der Waals surface area contributed by atoms with Gasteiger partial charge in [-0.15, -0.1) is 0 Å². The van der Waals surface area contributed by atoms with Crippen molar-refractivity contribution in [3.63, 3.8) is 0 Å². The fourth-order valence-electron chi connectivity index (χ4n) is 3.65. The van der Waals surface area contributed by atoms with Crippen LogP contribution >= 0.6 is 0 Å². The summed E-state index contributed by atoms with van der Waals surface area (Å²) in [5.74, 6) is -1.35. The minimum atomic E-state index is -4.71. The smallest absolute Gasteiger partial charge is 0.379 e. The minimum Gasteiger partial charge on any atom is -0.379 e. The quantitative estimate of drug-likeness (QED) is 0.353. The molecule has 182 valence electrons. The topological polar surface area (TPSA) is 105 Å². The van der Waals surface area contributed by atoms with Gasteiger partial charge >= 0.3 is 6.18 Å². The van der Waals surface area contributed by atoms with Gasteiger partial charge in [-0.05, 0) is 37.1 Å². The highest BCUT2D eigenvalue weighted by atomic mass is 19.4. The predicted octanol–water partition coefficient (Wildman–Crippen LogP) is 3.98. The van der Waals surface area contributed by atoms with E-state index in [-0.39, 0.29) is 36.2 Å². The Balaban J connectivity index is 1.46. The van der Waals surface area contributed by atoms with Crippen LogP contribution < -0.4 is 10.6 Å². The summed E-state index contributed by atoms with van der Waals surface area (Å²) in [6.07, 6.45) is -3.82. The van der Waals surface area contributed by atoms with Crippen LogP contribution in [0.4, 0.5) is 28.9 Å². The second kappa shape index (κ2) is 10.5. The second-order valence-corrected chi connectivity index (χ2v) is 7.78. The first-order valence-electron chi connectivity index (χ1n) is 10.5. The molecular formula is C22H22F4N4O4. The van der Waals surface area contributed by atoms with E-state index in [2.05, 4.69) is 10.6 Å². The molecule has 1 heterocycles. The number of alkyl halides is 3. The summed E-state index contributed by atoms with van der Waals surface area (Å²) in [6, 6.07) is 7.64. The summed E-state index contributed by atoms with van der Waals surface area (Å²) in [4.78, 5) is 36.4. The number of nitro benzene ring substituents is 1. The first-order chi connectivity index (χ1) is 16.1. The maximum atomic E-state index is 13.8. The molecule has 0 aromatic heterocycles. The van der Waals surface area contributed by atoms with E-state index in [4.69, 9.17) is 0 Å². The third-order valence-electron chi connectivity index (χ3n) is 5.44. The van der Waals surface area contributed by atoms with Gasteiger partial charge in [0.05, 0.1) is 16.1 Å². The molecule has 0 unspecified atom stereocenters. The molecule has 34 heavy (non-hydrogen) atoms. The van der Waals surface area contributed by atoms with E-state index in [0.717, 1.165) is 12.1 Å². The number of hydrogen-bond donors (Lipinski definition) is 2. The zero-order chi connectivity index (χ0) is 24.9. The van der Waals surface area contributed by atoms with Crippen LogP contribution in [0, 0.1) is 15.9 Å². The number of carbonyl (C=O) groups excluding carboxylic acids is 2. The molecule has 2 aromatic carbocycles. The van der Waals surface area contributed by atoms with Crippen molar-refractivity contribution in [2.45, 2.75) is 31.5 Å². The summed E-state index contributed by atoms with van der Waals surface area (Å²) in [6.45, 7) is 0.658. The normalized spacial score (nSPS) is 14.5. The predicted molar refractivity (Wildman–Crippen MR) is 115 cm³/mol. The number of piperidine rings is 1. The highest BCUT2D eigenvalue weighted by Gasteiger charge is 2.33. The van der Waals surface area contributed by atoms with Gasteiger partial charge in [0.15, 0.2) is 0 Å². The zero-order valence-electron chi connectivity index (χ0n) is 17.9. The van der Waals surface area contributed by atoms with Crippen LogP contribution in [0.2, 0.25) is 0 Å². The number of amides is 2. The number of nitro groups is 1. The van der Waals surface area contributed by atoms with E-state index in [1.54, 1.807) is 6.07 Å². The SMILES string of the molecule is O=C(CCNc1ccc(C(F)(F)F)cc1[N+](=O)[O-])NC1CCN(C(=O)c2ccccc2F)CC1. The summed E-state index contributed by atoms with van der Waals surface area (Å²) in [7, 11) is 0. The van der Waals surface area contributed by atoms with E-state index < -0.39 is 34.1 Å². The van der Waals surface area contributed by atoms with E-state index in [1.807, 2.05) is 0 Å². The lowest BCUT2D eigenvalue weighted by molar-refractivity contribution is -0.384. The van der Waals surface area contributed by atoms with Crippen LogP contribution in [-0.4, -0.2) is 47.3 Å². The van der Waals surface area contributed by atoms with Crippen LogP contribution in [0.25, 0.3) is 0 Å². The van der Waals surface area contributed by atoms with Crippen LogP contribution in [0.1, 0.15) is 35.2 Å². The molecule has 1 aliphatic rings. The standard InChI is InChI=1S/C22H22F4N4O4/c23-17-4-2-1-3-16(17)21(32)29-11-8-15(9-12-29)28-20(31)7-10-27-18-6-5-14(22(24,25)26)13-19(18)30(33)34/h1-6,13,15,27H,7-12H2,(H,28,31). The Labute approximate surface area is 192 Å². The molecule has 0 spiro atoms. The van der Waals surface area contributed by atoms with Crippen LogP contribution in [0.15, 0.2) is 42.5 Å². The van der Waals surface area contributed by atoms with Gasteiger partial charge in [-0.3, -0.25) is 19.7 Å². The summed E-state index contributed by atoms with van der Waals surface area (Å²) >= 11 is 0. The number of anilines is 1. The number of benzene rings is 2. The molecule has 0 bridgehead atoms. The molecule has 0 atom stereocenters. The molecule has 1 saturated heterocycles. The van der Waals surface area contributed by atoms with Gasteiger partial charge in [-0.2, -0.15) is 13.2 Å². The Hall–Kier alpha value is -3.70. The van der Waals surface area contributed by atoms with Crippen LogP contribution in [0.3, 0.4) is 0 Å². The molecule has 0 radical (unpaired) electrons. The number of rotatable bonds is 7. The van der Waals surface area contributed by atoms with Gasteiger partial charge in [0, 0.05) is 38.2 Å². The van der Waals surface area contributed by atoms with Gasteiger partial charge < -0.3 is 15.5 Å². The van der Waals surface area contributed by atoms with Crippen LogP contribution in [-0.2, 0) is 11.0 Å². The van der Waals surface area contributed by atoms with Crippen molar-refractivity contribution in [3.8, 4) is 0 Å². The molecule has 2 N–H and O–H groups in total. The lowest BCUT2D eigenvalue weighted by atomic mass is 10.0. The van der Waals surface area contributed by atoms with Crippen molar-refractivity contribution in [1.82, 2.24) is 10.2 Å². The molecule has 1 aliphatic heterocycles. The van der Waals surface area contributed by atoms with Crippen molar-refractivity contribution >= 4 is 23.2 Å². The number of nitrogens with zero attached hydrogens (tertiary/aromatic N) is 2. The zero-order valence-corrected chi connectivity index (χ0v) is 17.9. The third-order valence-corrected chi connectivity index (χ3v) is 5.44. The van der Waals surface area contributed by atoms with Gasteiger partial charge in [0.1, 0.15) is 11.5 Å². The fourth-order valence-corrected chi connectivity index (χ4v) is 3.65. The molecule has 1 fully saturated rings.